The Balaban J connectivity index is 1.82. The maximum Gasteiger partial charge on any atom is 0.244 e. The summed E-state index contributed by atoms with van der Waals surface area (Å²) in [6.45, 7) is 0.0877. The number of methoxy groups -OCH3 is 1. The number of aromatic nitrogens is 1. The molecule has 122 valence electrons. The molecule has 0 bridgehead atoms. The summed E-state index contributed by atoms with van der Waals surface area (Å²) in [4.78, 5) is 24.2. The highest BCUT2D eigenvalue weighted by Crippen LogP contribution is 2.17. The molecule has 0 atom stereocenters. The van der Waals surface area contributed by atoms with E-state index in [1.54, 1.807) is 60.3 Å². The number of hydrogen-bond donors (Lipinski definition) is 1. The topological polar surface area (TPSA) is 60.3 Å². The molecular formula is C18H15ClN2O3. The summed E-state index contributed by atoms with van der Waals surface area (Å²) in [5.41, 5.74) is 1.21. The maximum atomic E-state index is 12.3. The Bertz CT molecular complexity index is 949. The molecule has 1 aromatic heterocycles. The first kappa shape index (κ1) is 16.1. The van der Waals surface area contributed by atoms with Crippen molar-refractivity contribution in [2.45, 2.75) is 6.54 Å². The Hall–Kier alpha value is -2.79. The van der Waals surface area contributed by atoms with Crippen molar-refractivity contribution in [3.05, 3.63) is 70.0 Å². The largest absolute Gasteiger partial charge is 0.497 e. The smallest absolute Gasteiger partial charge is 0.244 e. The molecule has 0 aliphatic carbocycles. The SMILES string of the molecule is COc1ccc(NC(=O)Cn2ccc(=O)c3cc(Cl)ccc32)cc1. The van der Waals surface area contributed by atoms with E-state index in [4.69, 9.17) is 16.3 Å². The molecule has 0 radical (unpaired) electrons. The Morgan fingerprint density at radius 1 is 1.17 bits per heavy atom. The van der Waals surface area contributed by atoms with E-state index < -0.39 is 0 Å². The van der Waals surface area contributed by atoms with E-state index in [2.05, 4.69) is 5.32 Å². The number of carbonyl (C=O) groups is 1. The summed E-state index contributed by atoms with van der Waals surface area (Å²) >= 11 is 5.94. The lowest BCUT2D eigenvalue weighted by atomic mass is 10.2. The molecule has 24 heavy (non-hydrogen) atoms. The van der Waals surface area contributed by atoms with Crippen LogP contribution in [0.5, 0.6) is 5.75 Å². The molecule has 0 saturated carbocycles. The molecule has 0 spiro atoms. The molecule has 0 aliphatic rings. The Morgan fingerprint density at radius 3 is 2.62 bits per heavy atom. The van der Waals surface area contributed by atoms with E-state index in [1.807, 2.05) is 0 Å². The minimum Gasteiger partial charge on any atom is -0.497 e. The Labute approximate surface area is 143 Å². The summed E-state index contributed by atoms with van der Waals surface area (Å²) in [6, 6.07) is 13.5. The number of ether oxygens (including phenoxy) is 1. The number of rotatable bonds is 4. The number of carbonyl (C=O) groups excluding carboxylic acids is 1. The molecule has 0 unspecified atom stereocenters. The number of hydrogen-bond acceptors (Lipinski definition) is 3. The second-order valence-electron chi connectivity index (χ2n) is 5.25. The zero-order valence-corrected chi connectivity index (χ0v) is 13.7. The first-order valence-corrected chi connectivity index (χ1v) is 7.67. The number of anilines is 1. The summed E-state index contributed by atoms with van der Waals surface area (Å²) in [7, 11) is 1.58. The number of nitrogens with one attached hydrogen (secondary N) is 1. The fourth-order valence-corrected chi connectivity index (χ4v) is 2.62. The van der Waals surface area contributed by atoms with Crippen LogP contribution in [0.15, 0.2) is 59.5 Å². The van der Waals surface area contributed by atoms with Crippen LogP contribution >= 0.6 is 11.6 Å². The van der Waals surface area contributed by atoms with E-state index in [0.717, 1.165) is 5.75 Å². The van der Waals surface area contributed by atoms with Gasteiger partial charge in [-0.25, -0.2) is 0 Å². The van der Waals surface area contributed by atoms with Crippen molar-refractivity contribution in [2.75, 3.05) is 12.4 Å². The van der Waals surface area contributed by atoms with Gasteiger partial charge in [-0.15, -0.1) is 0 Å². The molecule has 6 heteroatoms. The third-order valence-electron chi connectivity index (χ3n) is 3.63. The summed E-state index contributed by atoms with van der Waals surface area (Å²) in [5.74, 6) is 0.524. The van der Waals surface area contributed by atoms with Gasteiger partial charge in [0.2, 0.25) is 5.91 Å². The molecule has 3 aromatic rings. The van der Waals surface area contributed by atoms with Crippen LogP contribution in [0.4, 0.5) is 5.69 Å². The molecule has 3 rings (SSSR count). The lowest BCUT2D eigenvalue weighted by molar-refractivity contribution is -0.116. The summed E-state index contributed by atoms with van der Waals surface area (Å²) in [5, 5.41) is 3.79. The number of halogens is 1. The predicted molar refractivity (Wildman–Crippen MR) is 94.8 cm³/mol. The highest BCUT2D eigenvalue weighted by atomic mass is 35.5. The van der Waals surface area contributed by atoms with Crippen LogP contribution in [0.3, 0.4) is 0 Å². The van der Waals surface area contributed by atoms with Gasteiger partial charge in [-0.05, 0) is 42.5 Å². The van der Waals surface area contributed by atoms with Gasteiger partial charge in [-0.1, -0.05) is 11.6 Å². The molecule has 1 N–H and O–H groups in total. The van der Waals surface area contributed by atoms with E-state index in [0.29, 0.717) is 21.6 Å². The van der Waals surface area contributed by atoms with Crippen molar-refractivity contribution in [1.29, 1.82) is 0 Å². The van der Waals surface area contributed by atoms with Crippen LogP contribution in [0, 0.1) is 0 Å². The lowest BCUT2D eigenvalue weighted by Crippen LogP contribution is -2.20. The van der Waals surface area contributed by atoms with Gasteiger partial charge < -0.3 is 14.6 Å². The van der Waals surface area contributed by atoms with Crippen molar-refractivity contribution < 1.29 is 9.53 Å². The van der Waals surface area contributed by atoms with Crippen LogP contribution in [0.1, 0.15) is 0 Å². The van der Waals surface area contributed by atoms with Gasteiger partial charge in [0, 0.05) is 28.4 Å². The highest BCUT2D eigenvalue weighted by molar-refractivity contribution is 6.31. The minimum absolute atomic E-state index is 0.0877. The van der Waals surface area contributed by atoms with Crippen LogP contribution in [-0.4, -0.2) is 17.6 Å². The maximum absolute atomic E-state index is 12.3. The monoisotopic (exact) mass is 342 g/mol. The van der Waals surface area contributed by atoms with Gasteiger partial charge >= 0.3 is 0 Å². The first-order valence-electron chi connectivity index (χ1n) is 7.29. The zero-order chi connectivity index (χ0) is 17.1. The van der Waals surface area contributed by atoms with Crippen molar-refractivity contribution in [2.24, 2.45) is 0 Å². The van der Waals surface area contributed by atoms with Gasteiger partial charge in [-0.2, -0.15) is 0 Å². The summed E-state index contributed by atoms with van der Waals surface area (Å²) < 4.78 is 6.80. The molecular weight excluding hydrogens is 328 g/mol. The van der Waals surface area contributed by atoms with E-state index in [1.165, 1.54) is 6.07 Å². The lowest BCUT2D eigenvalue weighted by Gasteiger charge is -2.11. The van der Waals surface area contributed by atoms with Crippen molar-refractivity contribution in [1.82, 2.24) is 4.57 Å². The second-order valence-corrected chi connectivity index (χ2v) is 5.68. The Morgan fingerprint density at radius 2 is 1.92 bits per heavy atom. The highest BCUT2D eigenvalue weighted by Gasteiger charge is 2.08. The van der Waals surface area contributed by atoms with Crippen molar-refractivity contribution in [3.8, 4) is 5.75 Å². The number of nitrogens with zero attached hydrogens (tertiary/aromatic N) is 1. The molecule has 0 aliphatic heterocycles. The second kappa shape index (κ2) is 6.76. The predicted octanol–water partition coefficient (Wildman–Crippen LogP) is 3.30. The van der Waals surface area contributed by atoms with Crippen LogP contribution in [-0.2, 0) is 11.3 Å². The third kappa shape index (κ3) is 3.41. The van der Waals surface area contributed by atoms with Crippen LogP contribution in [0.2, 0.25) is 5.02 Å². The van der Waals surface area contributed by atoms with Gasteiger partial charge in [0.25, 0.3) is 0 Å². The fraction of sp³-hybridized carbons (Fsp3) is 0.111. The summed E-state index contributed by atoms with van der Waals surface area (Å²) in [6.07, 6.45) is 1.60. The molecule has 0 fully saturated rings. The number of amides is 1. The molecule has 5 nitrogen and oxygen atoms in total. The Kier molecular flexibility index (Phi) is 4.53. The van der Waals surface area contributed by atoms with E-state index in [-0.39, 0.29) is 17.9 Å². The normalized spacial score (nSPS) is 10.6. The van der Waals surface area contributed by atoms with Crippen LogP contribution < -0.4 is 15.5 Å². The fourth-order valence-electron chi connectivity index (χ4n) is 2.45. The van der Waals surface area contributed by atoms with Crippen molar-refractivity contribution >= 4 is 34.1 Å². The average molecular weight is 343 g/mol. The third-order valence-corrected chi connectivity index (χ3v) is 3.86. The average Bonchev–Trinajstić information content (AvgIpc) is 2.58. The van der Waals surface area contributed by atoms with Crippen LogP contribution in [0.25, 0.3) is 10.9 Å². The van der Waals surface area contributed by atoms with E-state index >= 15 is 0 Å². The molecule has 1 amide bonds. The van der Waals surface area contributed by atoms with Gasteiger partial charge in [-0.3, -0.25) is 9.59 Å². The van der Waals surface area contributed by atoms with Gasteiger partial charge in [0.05, 0.1) is 12.6 Å². The molecule has 2 aromatic carbocycles. The quantitative estimate of drug-likeness (QED) is 0.791. The number of pyridine rings is 1. The molecule has 1 heterocycles. The number of fused-ring (bicyclic) bond motifs is 1. The minimum atomic E-state index is -0.194. The van der Waals surface area contributed by atoms with Gasteiger partial charge in [0.15, 0.2) is 5.43 Å². The van der Waals surface area contributed by atoms with Crippen molar-refractivity contribution in [3.63, 3.8) is 0 Å². The zero-order valence-electron chi connectivity index (χ0n) is 13.0. The van der Waals surface area contributed by atoms with Gasteiger partial charge in [0.1, 0.15) is 12.3 Å². The molecule has 0 saturated heterocycles. The standard InChI is InChI=1S/C18H15ClN2O3/c1-24-14-5-3-13(4-6-14)20-18(23)11-21-9-8-17(22)15-10-12(19)2-7-16(15)21/h2-10H,11H2,1H3,(H,20,23). The van der Waals surface area contributed by atoms with E-state index in [9.17, 15) is 9.59 Å². The first-order chi connectivity index (χ1) is 11.6. The number of benzene rings is 2.